The number of carboxylic acids is 1. The van der Waals surface area contributed by atoms with Crippen LogP contribution in [-0.4, -0.2) is 40.5 Å². The number of nitrogens with one attached hydrogen (secondary N) is 1. The summed E-state index contributed by atoms with van der Waals surface area (Å²) in [5.74, 6) is -1.35. The Morgan fingerprint density at radius 1 is 1.25 bits per heavy atom. The second kappa shape index (κ2) is 7.65. The molecule has 1 rings (SSSR count). The first-order valence-corrected chi connectivity index (χ1v) is 6.68. The highest BCUT2D eigenvalue weighted by molar-refractivity contribution is 5.82. The lowest BCUT2D eigenvalue weighted by Gasteiger charge is -2.29. The lowest BCUT2D eigenvalue weighted by Crippen LogP contribution is -2.49. The molecule has 0 fully saturated rings. The van der Waals surface area contributed by atoms with Gasteiger partial charge in [0.1, 0.15) is 6.04 Å². The van der Waals surface area contributed by atoms with E-state index in [0.29, 0.717) is 6.54 Å². The summed E-state index contributed by atoms with van der Waals surface area (Å²) in [6.07, 6.45) is 0. The van der Waals surface area contributed by atoms with Crippen LogP contribution in [0.1, 0.15) is 26.3 Å². The monoisotopic (exact) mass is 278 g/mol. The van der Waals surface area contributed by atoms with Gasteiger partial charge < -0.3 is 10.4 Å². The Morgan fingerprint density at radius 2 is 1.85 bits per heavy atom. The third kappa shape index (κ3) is 5.40. The van der Waals surface area contributed by atoms with Gasteiger partial charge in [0.25, 0.3) is 0 Å². The molecule has 1 aromatic carbocycles. The molecule has 0 aliphatic rings. The Balaban J connectivity index is 2.75. The van der Waals surface area contributed by atoms with Crippen LogP contribution in [0.2, 0.25) is 0 Å². The van der Waals surface area contributed by atoms with Crippen molar-refractivity contribution in [2.75, 3.05) is 6.54 Å². The molecule has 0 saturated carbocycles. The third-order valence-corrected chi connectivity index (χ3v) is 3.05. The lowest BCUT2D eigenvalue weighted by molar-refractivity contribution is -0.142. The minimum absolute atomic E-state index is 0.186. The van der Waals surface area contributed by atoms with Gasteiger partial charge in [-0.3, -0.25) is 9.69 Å². The van der Waals surface area contributed by atoms with Crippen molar-refractivity contribution in [1.29, 1.82) is 0 Å². The molecule has 0 heterocycles. The maximum atomic E-state index is 11.2. The largest absolute Gasteiger partial charge is 0.480 e. The van der Waals surface area contributed by atoms with Crippen LogP contribution in [0.4, 0.5) is 0 Å². The van der Waals surface area contributed by atoms with Gasteiger partial charge in [-0.15, -0.1) is 0 Å². The van der Waals surface area contributed by atoms with Crippen LogP contribution in [0, 0.1) is 0 Å². The highest BCUT2D eigenvalue weighted by Crippen LogP contribution is 2.09. The van der Waals surface area contributed by atoms with Crippen LogP contribution in [0.25, 0.3) is 0 Å². The zero-order chi connectivity index (χ0) is 15.1. The molecule has 5 heteroatoms. The van der Waals surface area contributed by atoms with Gasteiger partial charge in [0.2, 0.25) is 5.91 Å². The summed E-state index contributed by atoms with van der Waals surface area (Å²) in [7, 11) is 0. The summed E-state index contributed by atoms with van der Waals surface area (Å²) in [6.45, 7) is 6.28. The van der Waals surface area contributed by atoms with E-state index in [9.17, 15) is 14.7 Å². The van der Waals surface area contributed by atoms with E-state index in [-0.39, 0.29) is 18.5 Å². The first-order valence-electron chi connectivity index (χ1n) is 6.68. The van der Waals surface area contributed by atoms with Gasteiger partial charge in [0.15, 0.2) is 0 Å². The van der Waals surface area contributed by atoms with Crippen LogP contribution in [0.5, 0.6) is 0 Å². The molecule has 2 N–H and O–H groups in total. The highest BCUT2D eigenvalue weighted by Gasteiger charge is 2.23. The average Bonchev–Trinajstić information content (AvgIpc) is 2.37. The molecule has 0 saturated heterocycles. The first-order chi connectivity index (χ1) is 9.40. The van der Waals surface area contributed by atoms with Crippen LogP contribution in [0.3, 0.4) is 0 Å². The van der Waals surface area contributed by atoms with E-state index in [1.807, 2.05) is 49.1 Å². The number of benzene rings is 1. The molecule has 0 radical (unpaired) electrons. The second-order valence-corrected chi connectivity index (χ2v) is 5.10. The number of hydrogen-bond acceptors (Lipinski definition) is 3. The summed E-state index contributed by atoms with van der Waals surface area (Å²) < 4.78 is 0. The van der Waals surface area contributed by atoms with Crippen LogP contribution in [0.15, 0.2) is 30.3 Å². The molecule has 1 amide bonds. The molecule has 1 aromatic rings. The summed E-state index contributed by atoms with van der Waals surface area (Å²) in [5.41, 5.74) is 1.12. The molecule has 1 atom stereocenters. The van der Waals surface area contributed by atoms with E-state index < -0.39 is 12.0 Å². The standard InChI is InChI=1S/C15H22N2O3/c1-11(2)17(9-13-7-5-4-6-8-13)10-14(15(19)20)16-12(3)18/h4-8,11,14H,9-10H2,1-3H3,(H,16,18)(H,19,20). The van der Waals surface area contributed by atoms with Gasteiger partial charge in [-0.2, -0.15) is 0 Å². The average molecular weight is 278 g/mol. The van der Waals surface area contributed by atoms with E-state index in [2.05, 4.69) is 5.32 Å². The molecule has 1 unspecified atom stereocenters. The Morgan fingerprint density at radius 3 is 2.30 bits per heavy atom. The molecule has 110 valence electrons. The SMILES string of the molecule is CC(=O)NC(CN(Cc1ccccc1)C(C)C)C(=O)O. The Bertz CT molecular complexity index is 446. The maximum Gasteiger partial charge on any atom is 0.327 e. The van der Waals surface area contributed by atoms with E-state index in [1.54, 1.807) is 0 Å². The summed E-state index contributed by atoms with van der Waals surface area (Å²) in [5, 5.41) is 11.6. The van der Waals surface area contributed by atoms with Gasteiger partial charge in [-0.1, -0.05) is 30.3 Å². The number of carbonyl (C=O) groups is 2. The van der Waals surface area contributed by atoms with Crippen molar-refractivity contribution in [3.05, 3.63) is 35.9 Å². The molecule has 0 bridgehead atoms. The number of hydrogen-bond donors (Lipinski definition) is 2. The Kier molecular flexibility index (Phi) is 6.18. The van der Waals surface area contributed by atoms with Gasteiger partial charge in [0.05, 0.1) is 0 Å². The lowest BCUT2D eigenvalue weighted by atomic mass is 10.1. The second-order valence-electron chi connectivity index (χ2n) is 5.10. The van der Waals surface area contributed by atoms with Crippen LogP contribution < -0.4 is 5.32 Å². The van der Waals surface area contributed by atoms with Crippen LogP contribution in [-0.2, 0) is 16.1 Å². The number of rotatable bonds is 7. The Hall–Kier alpha value is -1.88. The summed E-state index contributed by atoms with van der Waals surface area (Å²) in [4.78, 5) is 24.3. The molecular weight excluding hydrogens is 256 g/mol. The van der Waals surface area contributed by atoms with Gasteiger partial charge >= 0.3 is 5.97 Å². The summed E-state index contributed by atoms with van der Waals surface area (Å²) >= 11 is 0. The molecule has 0 aromatic heterocycles. The number of carbonyl (C=O) groups excluding carboxylic acids is 1. The number of aliphatic carboxylic acids is 1. The van der Waals surface area contributed by atoms with Gasteiger partial charge in [-0.05, 0) is 19.4 Å². The predicted octanol–water partition coefficient (Wildman–Crippen LogP) is 1.49. The van der Waals surface area contributed by atoms with Crippen molar-refractivity contribution in [1.82, 2.24) is 10.2 Å². The fourth-order valence-corrected chi connectivity index (χ4v) is 1.94. The van der Waals surface area contributed by atoms with Gasteiger partial charge in [-0.25, -0.2) is 4.79 Å². The quantitative estimate of drug-likeness (QED) is 0.793. The normalized spacial score (nSPS) is 12.4. The molecular formula is C15H22N2O3. The minimum atomic E-state index is -1.01. The number of amides is 1. The van der Waals surface area contributed by atoms with Crippen molar-refractivity contribution in [3.63, 3.8) is 0 Å². The number of nitrogens with zero attached hydrogens (tertiary/aromatic N) is 1. The van der Waals surface area contributed by atoms with Crippen molar-refractivity contribution < 1.29 is 14.7 Å². The Labute approximate surface area is 119 Å². The van der Waals surface area contributed by atoms with Crippen molar-refractivity contribution in [2.24, 2.45) is 0 Å². The fourth-order valence-electron chi connectivity index (χ4n) is 1.94. The first kappa shape index (κ1) is 16.2. The number of carboxylic acid groups (broad SMARTS) is 1. The fraction of sp³-hybridized carbons (Fsp3) is 0.467. The zero-order valence-corrected chi connectivity index (χ0v) is 12.2. The van der Waals surface area contributed by atoms with E-state index >= 15 is 0 Å². The van der Waals surface area contributed by atoms with Gasteiger partial charge in [0, 0.05) is 26.1 Å². The molecule has 20 heavy (non-hydrogen) atoms. The van der Waals surface area contributed by atoms with E-state index in [0.717, 1.165) is 5.56 Å². The zero-order valence-electron chi connectivity index (χ0n) is 12.2. The topological polar surface area (TPSA) is 69.6 Å². The predicted molar refractivity (Wildman–Crippen MR) is 77.2 cm³/mol. The third-order valence-electron chi connectivity index (χ3n) is 3.05. The van der Waals surface area contributed by atoms with Crippen molar-refractivity contribution >= 4 is 11.9 Å². The smallest absolute Gasteiger partial charge is 0.327 e. The minimum Gasteiger partial charge on any atom is -0.480 e. The summed E-state index contributed by atoms with van der Waals surface area (Å²) in [6, 6.07) is 9.16. The van der Waals surface area contributed by atoms with Crippen molar-refractivity contribution in [2.45, 2.75) is 39.4 Å². The molecule has 0 aliphatic carbocycles. The van der Waals surface area contributed by atoms with E-state index in [4.69, 9.17) is 0 Å². The molecule has 0 aliphatic heterocycles. The van der Waals surface area contributed by atoms with Crippen LogP contribution >= 0.6 is 0 Å². The maximum absolute atomic E-state index is 11.2. The molecule has 0 spiro atoms. The van der Waals surface area contributed by atoms with E-state index in [1.165, 1.54) is 6.92 Å². The van der Waals surface area contributed by atoms with Crippen molar-refractivity contribution in [3.8, 4) is 0 Å². The molecule has 5 nitrogen and oxygen atoms in total. The highest BCUT2D eigenvalue weighted by atomic mass is 16.4.